The molecule has 0 fully saturated rings. The zero-order chi connectivity index (χ0) is 52.3. The third-order valence-electron chi connectivity index (χ3n) is 10.5. The second kappa shape index (κ2) is 27.6. The van der Waals surface area contributed by atoms with Crippen LogP contribution in [0.3, 0.4) is 0 Å². The number of benzene rings is 1. The number of carboxylic acid groups (broad SMARTS) is 3. The molecule has 0 aliphatic carbocycles. The first-order valence-electron chi connectivity index (χ1n) is 21.9. The molecule has 2 aromatic rings. The molecule has 26 heteroatoms. The number of para-hydroxylation sites is 1. The number of hydrogen-bond donors (Lipinski definition) is 15. The van der Waals surface area contributed by atoms with Crippen molar-refractivity contribution in [1.82, 2.24) is 42.2 Å². The van der Waals surface area contributed by atoms with Crippen LogP contribution in [0.4, 0.5) is 0 Å². The first-order valence-corrected chi connectivity index (χ1v) is 21.9. The monoisotopic (exact) mass is 976 g/mol. The average molecular weight is 977 g/mol. The van der Waals surface area contributed by atoms with Crippen LogP contribution in [0.15, 0.2) is 30.5 Å². The summed E-state index contributed by atoms with van der Waals surface area (Å²) in [5.41, 5.74) is 12.2. The lowest BCUT2D eigenvalue weighted by molar-refractivity contribution is -0.143. The van der Waals surface area contributed by atoms with Crippen molar-refractivity contribution in [2.24, 2.45) is 23.3 Å². The van der Waals surface area contributed by atoms with Crippen LogP contribution in [-0.2, 0) is 59.2 Å². The number of hydrogen-bond acceptors (Lipinski definition) is 14. The lowest BCUT2D eigenvalue weighted by atomic mass is 9.98. The molecule has 0 saturated heterocycles. The lowest BCUT2D eigenvalue weighted by Crippen LogP contribution is -2.61. The van der Waals surface area contributed by atoms with Crippen molar-refractivity contribution in [2.75, 3.05) is 6.61 Å². The standard InChI is InChI=1S/C43H64N10O16/c1-19(2)14-27(37(62)47-25(10-12-32(57)58)36(61)52-30(18-54)40(65)48-26(43(68)69)11-13-33(59)60)49-38(63)28(15-22-17-46-24-9-7-6-8-23(22)24)51-42(67)35(20(3)4)53-39(64)29(16-31(44)56)50-41(66)34(45)21(5)55/h6-9,17,19-21,25-30,34-35,46,54-55H,10-16,18,45H2,1-5H3,(H2,44,56)(H,47,62)(H,48,65)(H,49,63)(H,50,66)(H,51,67)(H,52,61)(H,53,64)(H,57,58)(H,59,60)(H,68,69). The molecule has 17 N–H and O–H groups in total. The Morgan fingerprint density at radius 3 is 1.62 bits per heavy atom. The topological polar surface area (TPSA) is 441 Å². The molecule has 382 valence electrons. The number of carboxylic acids is 3. The van der Waals surface area contributed by atoms with E-state index in [0.717, 1.165) is 0 Å². The number of rotatable bonds is 30. The van der Waals surface area contributed by atoms with Gasteiger partial charge in [0.25, 0.3) is 0 Å². The summed E-state index contributed by atoms with van der Waals surface area (Å²) in [5.74, 6) is -13.7. The third-order valence-corrected chi connectivity index (χ3v) is 10.5. The van der Waals surface area contributed by atoms with Crippen LogP contribution in [0, 0.1) is 11.8 Å². The summed E-state index contributed by atoms with van der Waals surface area (Å²) in [6.07, 6.45) is -3.25. The van der Waals surface area contributed by atoms with Crippen molar-refractivity contribution < 1.29 is 78.3 Å². The molecule has 9 unspecified atom stereocenters. The molecule has 69 heavy (non-hydrogen) atoms. The van der Waals surface area contributed by atoms with Crippen LogP contribution in [0.5, 0.6) is 0 Å². The van der Waals surface area contributed by atoms with Gasteiger partial charge in [-0.2, -0.15) is 0 Å². The number of aromatic amines is 1. The number of aliphatic hydroxyl groups is 2. The molecule has 8 amide bonds. The van der Waals surface area contributed by atoms with E-state index < -0.39 is 164 Å². The van der Waals surface area contributed by atoms with Gasteiger partial charge in [-0.1, -0.05) is 45.9 Å². The van der Waals surface area contributed by atoms with E-state index in [1.165, 1.54) is 6.92 Å². The van der Waals surface area contributed by atoms with E-state index in [9.17, 15) is 73.2 Å². The SMILES string of the molecule is CC(C)CC(NC(=O)C(Cc1c[nH]c2ccccc12)NC(=O)C(NC(=O)C(CC(N)=O)NC(=O)C(N)C(C)O)C(C)C)C(=O)NC(CCC(=O)O)C(=O)NC(CO)C(=O)NC(CCC(=O)O)C(=O)O. The minimum atomic E-state index is -1.85. The maximum atomic E-state index is 14.4. The van der Waals surface area contributed by atoms with Crippen molar-refractivity contribution in [3.63, 3.8) is 0 Å². The molecule has 0 aliphatic rings. The molecule has 0 spiro atoms. The summed E-state index contributed by atoms with van der Waals surface area (Å²) < 4.78 is 0. The Hall–Kier alpha value is -7.19. The molecule has 0 saturated carbocycles. The Balaban J connectivity index is 2.49. The number of aliphatic hydroxyl groups excluding tert-OH is 2. The van der Waals surface area contributed by atoms with E-state index in [1.807, 2.05) is 5.32 Å². The normalized spacial score (nSPS) is 15.2. The Morgan fingerprint density at radius 1 is 0.609 bits per heavy atom. The van der Waals surface area contributed by atoms with Crippen LogP contribution < -0.4 is 48.7 Å². The minimum Gasteiger partial charge on any atom is -0.481 e. The number of nitrogens with two attached hydrogens (primary N) is 2. The zero-order valence-corrected chi connectivity index (χ0v) is 38.8. The summed E-state index contributed by atoms with van der Waals surface area (Å²) >= 11 is 0. The van der Waals surface area contributed by atoms with Gasteiger partial charge in [-0.15, -0.1) is 0 Å². The number of aliphatic carboxylic acids is 3. The van der Waals surface area contributed by atoms with Crippen LogP contribution in [0.2, 0.25) is 0 Å². The van der Waals surface area contributed by atoms with E-state index in [2.05, 4.69) is 36.9 Å². The van der Waals surface area contributed by atoms with Gasteiger partial charge in [0.15, 0.2) is 0 Å². The lowest BCUT2D eigenvalue weighted by Gasteiger charge is -2.29. The number of aromatic nitrogens is 1. The largest absolute Gasteiger partial charge is 0.481 e. The van der Waals surface area contributed by atoms with E-state index in [-0.39, 0.29) is 18.8 Å². The van der Waals surface area contributed by atoms with E-state index in [4.69, 9.17) is 16.6 Å². The number of carbonyl (C=O) groups excluding carboxylic acids is 8. The van der Waals surface area contributed by atoms with Gasteiger partial charge in [0, 0.05) is 36.4 Å². The first-order chi connectivity index (χ1) is 32.2. The summed E-state index contributed by atoms with van der Waals surface area (Å²) in [4.78, 5) is 144. The molecule has 1 heterocycles. The highest BCUT2D eigenvalue weighted by atomic mass is 16.4. The van der Waals surface area contributed by atoms with Crippen molar-refractivity contribution in [3.05, 3.63) is 36.0 Å². The molecule has 26 nitrogen and oxygen atoms in total. The maximum absolute atomic E-state index is 14.4. The van der Waals surface area contributed by atoms with E-state index >= 15 is 0 Å². The molecule has 0 aliphatic heterocycles. The number of nitrogens with one attached hydrogen (secondary N) is 8. The van der Waals surface area contributed by atoms with Crippen LogP contribution in [-0.4, -0.2) is 157 Å². The van der Waals surface area contributed by atoms with Gasteiger partial charge in [-0.25, -0.2) is 4.79 Å². The predicted octanol–water partition coefficient (Wildman–Crippen LogP) is -3.80. The molecule has 0 bridgehead atoms. The second-order valence-electron chi connectivity index (χ2n) is 17.1. The highest BCUT2D eigenvalue weighted by Gasteiger charge is 2.36. The maximum Gasteiger partial charge on any atom is 0.326 e. The van der Waals surface area contributed by atoms with Crippen molar-refractivity contribution in [3.8, 4) is 0 Å². The number of H-pyrrole nitrogens is 1. The van der Waals surface area contributed by atoms with Gasteiger partial charge in [-0.3, -0.25) is 47.9 Å². The first kappa shape index (κ1) is 57.9. The van der Waals surface area contributed by atoms with Gasteiger partial charge in [0.2, 0.25) is 47.3 Å². The van der Waals surface area contributed by atoms with E-state index in [0.29, 0.717) is 16.5 Å². The van der Waals surface area contributed by atoms with Gasteiger partial charge >= 0.3 is 17.9 Å². The Kier molecular flexibility index (Phi) is 23.2. The number of primary amides is 1. The summed E-state index contributed by atoms with van der Waals surface area (Å²) in [6.45, 7) is 6.60. The fourth-order valence-corrected chi connectivity index (χ4v) is 6.73. The molecule has 2 rings (SSSR count). The van der Waals surface area contributed by atoms with Gasteiger partial charge in [-0.05, 0) is 49.7 Å². The van der Waals surface area contributed by atoms with Gasteiger partial charge in [0.05, 0.1) is 19.1 Å². The Labute approximate surface area is 395 Å². The number of carbonyl (C=O) groups is 11. The van der Waals surface area contributed by atoms with Crippen LogP contribution in [0.1, 0.15) is 78.7 Å². The fourth-order valence-electron chi connectivity index (χ4n) is 6.73. The Bertz CT molecular complexity index is 2180. The fraction of sp³-hybridized carbons (Fsp3) is 0.558. The number of fused-ring (bicyclic) bond motifs is 1. The molecule has 1 aromatic heterocycles. The molecule has 1 aromatic carbocycles. The zero-order valence-electron chi connectivity index (χ0n) is 38.8. The van der Waals surface area contributed by atoms with Gasteiger partial charge < -0.3 is 79.2 Å². The second-order valence-corrected chi connectivity index (χ2v) is 17.1. The quantitative estimate of drug-likeness (QED) is 0.0357. The predicted molar refractivity (Wildman–Crippen MR) is 242 cm³/mol. The van der Waals surface area contributed by atoms with Crippen molar-refractivity contribution in [1.29, 1.82) is 0 Å². The van der Waals surface area contributed by atoms with E-state index in [1.54, 1.807) is 58.2 Å². The average Bonchev–Trinajstić information content (AvgIpc) is 3.67. The summed E-state index contributed by atoms with van der Waals surface area (Å²) in [6, 6.07) is -5.85. The van der Waals surface area contributed by atoms with Crippen molar-refractivity contribution >= 4 is 76.1 Å². The van der Waals surface area contributed by atoms with Gasteiger partial charge in [0.1, 0.15) is 48.3 Å². The highest BCUT2D eigenvalue weighted by Crippen LogP contribution is 2.20. The molecular formula is C43H64N10O16. The summed E-state index contributed by atoms with van der Waals surface area (Å²) in [5, 5.41) is 64.6. The minimum absolute atomic E-state index is 0.0937. The van der Waals surface area contributed by atoms with Crippen molar-refractivity contribution in [2.45, 2.75) is 134 Å². The Morgan fingerprint density at radius 2 is 1.09 bits per heavy atom. The summed E-state index contributed by atoms with van der Waals surface area (Å²) in [7, 11) is 0. The highest BCUT2D eigenvalue weighted by molar-refractivity contribution is 5.99. The molecular weight excluding hydrogens is 913 g/mol. The smallest absolute Gasteiger partial charge is 0.326 e. The molecule has 9 atom stereocenters. The van der Waals surface area contributed by atoms with Crippen LogP contribution in [0.25, 0.3) is 10.9 Å². The number of amides is 8. The van der Waals surface area contributed by atoms with Crippen LogP contribution >= 0.6 is 0 Å². The molecule has 0 radical (unpaired) electrons. The third kappa shape index (κ3) is 19.1.